The van der Waals surface area contributed by atoms with Crippen molar-refractivity contribution in [2.24, 2.45) is 17.6 Å². The molecule has 108 valence electrons. The third kappa shape index (κ3) is 3.26. The maximum atomic E-state index is 12.5. The fourth-order valence-electron chi connectivity index (χ4n) is 3.23. The Bertz CT molecular complexity index is 351. The number of aliphatic hydroxyl groups is 1. The van der Waals surface area contributed by atoms with Crippen molar-refractivity contribution < 1.29 is 14.7 Å². The van der Waals surface area contributed by atoms with E-state index in [0.29, 0.717) is 31.7 Å². The van der Waals surface area contributed by atoms with Crippen LogP contribution in [0.1, 0.15) is 45.4 Å². The van der Waals surface area contributed by atoms with Crippen LogP contribution in [0, 0.1) is 11.8 Å². The number of piperidine rings is 1. The molecule has 2 fully saturated rings. The van der Waals surface area contributed by atoms with Gasteiger partial charge >= 0.3 is 0 Å². The second-order valence-electron chi connectivity index (χ2n) is 6.08. The Hall–Kier alpha value is -1.10. The number of aliphatic hydroxyl groups excluding tert-OH is 1. The number of hydrogen-bond acceptors (Lipinski definition) is 3. The molecule has 19 heavy (non-hydrogen) atoms. The van der Waals surface area contributed by atoms with Crippen LogP contribution in [-0.2, 0) is 9.59 Å². The molecule has 1 aliphatic heterocycles. The monoisotopic (exact) mass is 268 g/mol. The summed E-state index contributed by atoms with van der Waals surface area (Å²) < 4.78 is 0. The van der Waals surface area contributed by atoms with Gasteiger partial charge in [-0.2, -0.15) is 0 Å². The van der Waals surface area contributed by atoms with E-state index in [-0.39, 0.29) is 17.9 Å². The van der Waals surface area contributed by atoms with E-state index >= 15 is 0 Å². The summed E-state index contributed by atoms with van der Waals surface area (Å²) in [5.74, 6) is 0.0618. The predicted octanol–water partition coefficient (Wildman–Crippen LogP) is 0.650. The van der Waals surface area contributed by atoms with Crippen LogP contribution in [0.4, 0.5) is 0 Å². The molecule has 1 aliphatic carbocycles. The number of nitrogens with zero attached hydrogens (tertiary/aromatic N) is 1. The zero-order chi connectivity index (χ0) is 14.0. The van der Waals surface area contributed by atoms with E-state index in [1.807, 2.05) is 0 Å². The van der Waals surface area contributed by atoms with Crippen molar-refractivity contribution in [3.8, 4) is 0 Å². The number of hydrogen-bond donors (Lipinski definition) is 2. The first kappa shape index (κ1) is 14.3. The SMILES string of the molecule is CC1CCN(C(=O)C2CCC(O)CC2)C(C(N)=O)C1. The molecule has 2 amide bonds. The number of rotatable bonds is 2. The highest BCUT2D eigenvalue weighted by Crippen LogP contribution is 2.30. The minimum Gasteiger partial charge on any atom is -0.393 e. The van der Waals surface area contributed by atoms with Gasteiger partial charge in [0.1, 0.15) is 6.04 Å². The molecule has 0 bridgehead atoms. The van der Waals surface area contributed by atoms with Crippen molar-refractivity contribution in [3.05, 3.63) is 0 Å². The van der Waals surface area contributed by atoms with Gasteiger partial charge in [0.15, 0.2) is 0 Å². The van der Waals surface area contributed by atoms with E-state index in [1.165, 1.54) is 0 Å². The number of amides is 2. The molecule has 1 heterocycles. The summed E-state index contributed by atoms with van der Waals surface area (Å²) in [6, 6.07) is -0.442. The van der Waals surface area contributed by atoms with Gasteiger partial charge in [0, 0.05) is 12.5 Å². The Morgan fingerprint density at radius 3 is 2.37 bits per heavy atom. The molecular weight excluding hydrogens is 244 g/mol. The van der Waals surface area contributed by atoms with Crippen molar-refractivity contribution in [2.75, 3.05) is 6.54 Å². The van der Waals surface area contributed by atoms with Crippen LogP contribution in [-0.4, -0.2) is 40.5 Å². The third-order valence-corrected chi connectivity index (χ3v) is 4.52. The van der Waals surface area contributed by atoms with Gasteiger partial charge in [0.25, 0.3) is 0 Å². The number of primary amides is 1. The Labute approximate surface area is 114 Å². The highest BCUT2D eigenvalue weighted by atomic mass is 16.3. The molecule has 1 saturated carbocycles. The van der Waals surface area contributed by atoms with E-state index in [4.69, 9.17) is 5.73 Å². The zero-order valence-electron chi connectivity index (χ0n) is 11.5. The Morgan fingerprint density at radius 1 is 1.16 bits per heavy atom. The zero-order valence-corrected chi connectivity index (χ0v) is 11.5. The van der Waals surface area contributed by atoms with Gasteiger partial charge in [-0.05, 0) is 44.4 Å². The molecule has 2 aliphatic rings. The van der Waals surface area contributed by atoms with Crippen molar-refractivity contribution in [1.82, 2.24) is 4.90 Å². The van der Waals surface area contributed by atoms with Crippen LogP contribution in [0.3, 0.4) is 0 Å². The van der Waals surface area contributed by atoms with Crippen molar-refractivity contribution in [1.29, 1.82) is 0 Å². The minimum atomic E-state index is -0.442. The van der Waals surface area contributed by atoms with Gasteiger partial charge in [0.05, 0.1) is 6.10 Å². The van der Waals surface area contributed by atoms with Crippen LogP contribution in [0.5, 0.6) is 0 Å². The lowest BCUT2D eigenvalue weighted by atomic mass is 9.84. The number of carbonyl (C=O) groups is 2. The van der Waals surface area contributed by atoms with E-state index in [2.05, 4.69) is 6.92 Å². The van der Waals surface area contributed by atoms with Gasteiger partial charge in [0.2, 0.25) is 11.8 Å². The lowest BCUT2D eigenvalue weighted by Gasteiger charge is -2.39. The lowest BCUT2D eigenvalue weighted by molar-refractivity contribution is -0.146. The molecular formula is C14H24N2O3. The van der Waals surface area contributed by atoms with E-state index in [1.54, 1.807) is 4.90 Å². The maximum absolute atomic E-state index is 12.5. The second-order valence-corrected chi connectivity index (χ2v) is 6.08. The van der Waals surface area contributed by atoms with Crippen LogP contribution < -0.4 is 5.73 Å². The summed E-state index contributed by atoms with van der Waals surface area (Å²) >= 11 is 0. The molecule has 2 atom stereocenters. The van der Waals surface area contributed by atoms with E-state index < -0.39 is 11.9 Å². The fourth-order valence-corrected chi connectivity index (χ4v) is 3.23. The molecule has 5 heteroatoms. The average molecular weight is 268 g/mol. The summed E-state index contributed by atoms with van der Waals surface area (Å²) in [4.78, 5) is 25.7. The van der Waals surface area contributed by atoms with Gasteiger partial charge in [-0.15, -0.1) is 0 Å². The smallest absolute Gasteiger partial charge is 0.240 e. The molecule has 0 radical (unpaired) electrons. The largest absolute Gasteiger partial charge is 0.393 e. The maximum Gasteiger partial charge on any atom is 0.240 e. The first-order valence-corrected chi connectivity index (χ1v) is 7.27. The summed E-state index contributed by atoms with van der Waals surface area (Å²) in [6.45, 7) is 2.72. The second kappa shape index (κ2) is 5.90. The van der Waals surface area contributed by atoms with Gasteiger partial charge in [-0.1, -0.05) is 6.92 Å². The molecule has 3 N–H and O–H groups in total. The van der Waals surface area contributed by atoms with Crippen molar-refractivity contribution in [3.63, 3.8) is 0 Å². The van der Waals surface area contributed by atoms with Gasteiger partial charge < -0.3 is 15.7 Å². The van der Waals surface area contributed by atoms with Crippen LogP contribution in [0.25, 0.3) is 0 Å². The first-order chi connectivity index (χ1) is 8.99. The Balaban J connectivity index is 2.02. The minimum absolute atomic E-state index is 0.0429. The summed E-state index contributed by atoms with van der Waals surface area (Å²) in [6.07, 6.45) is 4.15. The van der Waals surface area contributed by atoms with Gasteiger partial charge in [-0.3, -0.25) is 9.59 Å². The first-order valence-electron chi connectivity index (χ1n) is 7.27. The third-order valence-electron chi connectivity index (χ3n) is 4.52. The molecule has 2 rings (SSSR count). The molecule has 0 aromatic rings. The Kier molecular flexibility index (Phi) is 4.45. The number of nitrogens with two attached hydrogens (primary N) is 1. The lowest BCUT2D eigenvalue weighted by Crippen LogP contribution is -2.54. The van der Waals surface area contributed by atoms with Crippen molar-refractivity contribution in [2.45, 2.75) is 57.6 Å². The van der Waals surface area contributed by atoms with Gasteiger partial charge in [-0.25, -0.2) is 0 Å². The Morgan fingerprint density at radius 2 is 1.79 bits per heavy atom. The molecule has 2 unspecified atom stereocenters. The van der Waals surface area contributed by atoms with Crippen molar-refractivity contribution >= 4 is 11.8 Å². The molecule has 1 saturated heterocycles. The summed E-state index contributed by atoms with van der Waals surface area (Å²) in [5, 5.41) is 9.49. The number of likely N-dealkylation sites (tertiary alicyclic amines) is 1. The molecule has 0 aromatic heterocycles. The normalized spacial score (nSPS) is 36.0. The standard InChI is InChI=1S/C14H24N2O3/c1-9-6-7-16(12(8-9)13(15)18)14(19)10-2-4-11(17)5-3-10/h9-12,17H,2-8H2,1H3,(H2,15,18). The highest BCUT2D eigenvalue weighted by molar-refractivity contribution is 5.87. The highest BCUT2D eigenvalue weighted by Gasteiger charge is 2.37. The molecule has 0 spiro atoms. The predicted molar refractivity (Wildman–Crippen MR) is 71.1 cm³/mol. The summed E-state index contributed by atoms with van der Waals surface area (Å²) in [7, 11) is 0. The number of carbonyl (C=O) groups excluding carboxylic acids is 2. The van der Waals surface area contributed by atoms with E-state index in [9.17, 15) is 14.7 Å². The summed E-state index contributed by atoms with van der Waals surface area (Å²) in [5.41, 5.74) is 5.44. The quantitative estimate of drug-likeness (QED) is 0.771. The van der Waals surface area contributed by atoms with E-state index in [0.717, 1.165) is 19.3 Å². The molecule has 0 aromatic carbocycles. The fraction of sp³-hybridized carbons (Fsp3) is 0.857. The topological polar surface area (TPSA) is 83.6 Å². The van der Waals surface area contributed by atoms with Crippen LogP contribution in [0.15, 0.2) is 0 Å². The van der Waals surface area contributed by atoms with Crippen LogP contribution >= 0.6 is 0 Å². The molecule has 5 nitrogen and oxygen atoms in total. The van der Waals surface area contributed by atoms with Crippen LogP contribution in [0.2, 0.25) is 0 Å². The average Bonchev–Trinajstić information content (AvgIpc) is 2.38.